The van der Waals surface area contributed by atoms with Gasteiger partial charge in [0.2, 0.25) is 0 Å². The third-order valence-electron chi connectivity index (χ3n) is 4.40. The molecular formula is C17H21BrFNO3. The zero-order chi connectivity index (χ0) is 17.0. The zero-order valence-electron chi connectivity index (χ0n) is 13.4. The first-order valence-corrected chi connectivity index (χ1v) is 8.55. The van der Waals surface area contributed by atoms with Crippen molar-refractivity contribution < 1.29 is 18.7 Å². The molecule has 0 aromatic heterocycles. The molecule has 1 aromatic rings. The molecule has 4 nitrogen and oxygen atoms in total. The van der Waals surface area contributed by atoms with Crippen LogP contribution in [0.3, 0.4) is 0 Å². The maximum absolute atomic E-state index is 13.2. The summed E-state index contributed by atoms with van der Waals surface area (Å²) in [7, 11) is 1.74. The zero-order valence-corrected chi connectivity index (χ0v) is 14.9. The van der Waals surface area contributed by atoms with Crippen LogP contribution in [0.5, 0.6) is 0 Å². The van der Waals surface area contributed by atoms with Gasteiger partial charge in [-0.3, -0.25) is 4.79 Å². The highest BCUT2D eigenvalue weighted by Crippen LogP contribution is 2.26. The molecule has 1 aromatic carbocycles. The van der Waals surface area contributed by atoms with Crippen LogP contribution in [0.1, 0.15) is 43.0 Å². The van der Waals surface area contributed by atoms with Gasteiger partial charge in [-0.15, -0.1) is 0 Å². The van der Waals surface area contributed by atoms with E-state index < -0.39 is 11.8 Å². The number of likely N-dealkylation sites (N-methyl/N-ethyl adjacent to an activating group) is 1. The summed E-state index contributed by atoms with van der Waals surface area (Å²) in [5.74, 6) is -0.765. The third kappa shape index (κ3) is 4.77. The molecule has 1 saturated carbocycles. The number of nitrogens with zero attached hydrogens (tertiary/aromatic N) is 1. The lowest BCUT2D eigenvalue weighted by Gasteiger charge is -2.33. The molecule has 1 amide bonds. The van der Waals surface area contributed by atoms with Gasteiger partial charge in [-0.25, -0.2) is 9.18 Å². The van der Waals surface area contributed by atoms with Crippen molar-refractivity contribution in [2.24, 2.45) is 5.92 Å². The Kier molecular flexibility index (Phi) is 6.16. The number of rotatable bonds is 4. The second kappa shape index (κ2) is 7.90. The van der Waals surface area contributed by atoms with Crippen LogP contribution < -0.4 is 0 Å². The largest absolute Gasteiger partial charge is 0.452 e. The fourth-order valence-corrected chi connectivity index (χ4v) is 3.20. The lowest BCUT2D eigenvalue weighted by molar-refractivity contribution is -0.136. The van der Waals surface area contributed by atoms with Crippen molar-refractivity contribution in [3.63, 3.8) is 0 Å². The van der Waals surface area contributed by atoms with Crippen molar-refractivity contribution in [2.75, 3.05) is 13.7 Å². The fraction of sp³-hybridized carbons (Fsp3) is 0.529. The summed E-state index contributed by atoms with van der Waals surface area (Å²) in [4.78, 5) is 25.8. The van der Waals surface area contributed by atoms with Gasteiger partial charge in [-0.05, 0) is 65.7 Å². The number of carbonyl (C=O) groups is 2. The first kappa shape index (κ1) is 17.9. The Balaban J connectivity index is 1.88. The van der Waals surface area contributed by atoms with Crippen molar-refractivity contribution in [3.8, 4) is 0 Å². The van der Waals surface area contributed by atoms with E-state index in [0.29, 0.717) is 10.4 Å². The Morgan fingerprint density at radius 3 is 2.61 bits per heavy atom. The molecule has 0 aliphatic heterocycles. The molecule has 0 spiro atoms. The third-order valence-corrected chi connectivity index (χ3v) is 5.09. The van der Waals surface area contributed by atoms with E-state index in [1.54, 1.807) is 11.9 Å². The molecule has 1 aliphatic rings. The van der Waals surface area contributed by atoms with Crippen molar-refractivity contribution in [2.45, 2.75) is 38.6 Å². The van der Waals surface area contributed by atoms with Crippen LogP contribution in [0.4, 0.5) is 4.39 Å². The Bertz CT molecular complexity index is 585. The second-order valence-electron chi connectivity index (χ2n) is 6.12. The Hall–Kier alpha value is -1.43. The lowest BCUT2D eigenvalue weighted by atomic mass is 9.87. The van der Waals surface area contributed by atoms with Crippen molar-refractivity contribution in [3.05, 3.63) is 34.1 Å². The maximum Gasteiger partial charge on any atom is 0.339 e. The standard InChI is InChI=1S/C17H21BrFNO3/c1-11-3-6-13(7-4-11)20(2)16(21)10-23-17(22)14-9-12(19)5-8-15(14)18/h5,8-9,11,13H,3-4,6-7,10H2,1-2H3. The summed E-state index contributed by atoms with van der Waals surface area (Å²) >= 11 is 3.17. The lowest BCUT2D eigenvalue weighted by Crippen LogP contribution is -2.41. The van der Waals surface area contributed by atoms with Crippen molar-refractivity contribution >= 4 is 27.8 Å². The minimum atomic E-state index is -0.713. The predicted octanol–water partition coefficient (Wildman–Crippen LogP) is 3.78. The van der Waals surface area contributed by atoms with Crippen LogP contribution in [-0.2, 0) is 9.53 Å². The van der Waals surface area contributed by atoms with Gasteiger partial charge in [0.05, 0.1) is 5.56 Å². The molecular weight excluding hydrogens is 365 g/mol. The van der Waals surface area contributed by atoms with Gasteiger partial charge < -0.3 is 9.64 Å². The predicted molar refractivity (Wildman–Crippen MR) is 88.6 cm³/mol. The van der Waals surface area contributed by atoms with Crippen LogP contribution in [0.15, 0.2) is 22.7 Å². The number of hydrogen-bond acceptors (Lipinski definition) is 3. The quantitative estimate of drug-likeness (QED) is 0.740. The number of carbonyl (C=O) groups excluding carboxylic acids is 2. The van der Waals surface area contributed by atoms with Crippen LogP contribution in [0.25, 0.3) is 0 Å². The van der Waals surface area contributed by atoms with Crippen LogP contribution in [-0.4, -0.2) is 36.5 Å². The number of hydrogen-bond donors (Lipinski definition) is 0. The second-order valence-corrected chi connectivity index (χ2v) is 6.97. The average molecular weight is 386 g/mol. The van der Waals surface area contributed by atoms with Gasteiger partial charge >= 0.3 is 5.97 Å². The molecule has 0 saturated heterocycles. The molecule has 6 heteroatoms. The molecule has 0 N–H and O–H groups in total. The first-order valence-electron chi connectivity index (χ1n) is 7.76. The first-order chi connectivity index (χ1) is 10.9. The number of ether oxygens (including phenoxy) is 1. The van der Waals surface area contributed by atoms with Gasteiger partial charge in [-0.1, -0.05) is 6.92 Å². The average Bonchev–Trinajstić information content (AvgIpc) is 2.54. The van der Waals surface area contributed by atoms with E-state index in [4.69, 9.17) is 4.74 Å². The number of benzene rings is 1. The smallest absolute Gasteiger partial charge is 0.339 e. The normalized spacial score (nSPS) is 20.9. The highest BCUT2D eigenvalue weighted by molar-refractivity contribution is 9.10. The van der Waals surface area contributed by atoms with E-state index >= 15 is 0 Å². The highest BCUT2D eigenvalue weighted by atomic mass is 79.9. The number of amides is 1. The van der Waals surface area contributed by atoms with E-state index in [2.05, 4.69) is 22.9 Å². The minimum Gasteiger partial charge on any atom is -0.452 e. The summed E-state index contributed by atoms with van der Waals surface area (Å²) in [6.45, 7) is 1.89. The van der Waals surface area contributed by atoms with E-state index in [-0.39, 0.29) is 24.1 Å². The molecule has 0 bridgehead atoms. The Labute approximate surface area is 144 Å². The SMILES string of the molecule is CC1CCC(N(C)C(=O)COC(=O)c2cc(F)ccc2Br)CC1. The summed E-state index contributed by atoms with van der Waals surface area (Å²) in [6, 6.07) is 3.97. The highest BCUT2D eigenvalue weighted by Gasteiger charge is 2.25. The van der Waals surface area contributed by atoms with Crippen LogP contribution in [0, 0.1) is 11.7 Å². The molecule has 23 heavy (non-hydrogen) atoms. The molecule has 0 radical (unpaired) electrons. The molecule has 1 fully saturated rings. The number of esters is 1. The monoisotopic (exact) mass is 385 g/mol. The van der Waals surface area contributed by atoms with Crippen molar-refractivity contribution in [1.82, 2.24) is 4.90 Å². The van der Waals surface area contributed by atoms with Gasteiger partial charge in [-0.2, -0.15) is 0 Å². The summed E-state index contributed by atoms with van der Waals surface area (Å²) in [6.07, 6.45) is 4.18. The molecule has 0 atom stereocenters. The van der Waals surface area contributed by atoms with E-state index in [9.17, 15) is 14.0 Å². The summed E-state index contributed by atoms with van der Waals surface area (Å²) < 4.78 is 18.7. The fourth-order valence-electron chi connectivity index (χ4n) is 2.79. The summed E-state index contributed by atoms with van der Waals surface area (Å²) in [5.41, 5.74) is 0.0759. The van der Waals surface area contributed by atoms with Gasteiger partial charge in [0.15, 0.2) is 6.61 Å². The van der Waals surface area contributed by atoms with Crippen LogP contribution in [0.2, 0.25) is 0 Å². The summed E-state index contributed by atoms with van der Waals surface area (Å²) in [5, 5.41) is 0. The Morgan fingerprint density at radius 1 is 1.30 bits per heavy atom. The van der Waals surface area contributed by atoms with Gasteiger partial charge in [0, 0.05) is 17.6 Å². The minimum absolute atomic E-state index is 0.0759. The molecule has 126 valence electrons. The number of halogens is 2. The van der Waals surface area contributed by atoms with E-state index in [0.717, 1.165) is 31.7 Å². The molecule has 0 heterocycles. The van der Waals surface area contributed by atoms with Crippen molar-refractivity contribution in [1.29, 1.82) is 0 Å². The molecule has 0 unspecified atom stereocenters. The van der Waals surface area contributed by atoms with Gasteiger partial charge in [0.1, 0.15) is 5.82 Å². The Morgan fingerprint density at radius 2 is 1.96 bits per heavy atom. The van der Waals surface area contributed by atoms with Crippen LogP contribution >= 0.6 is 15.9 Å². The van der Waals surface area contributed by atoms with E-state index in [1.165, 1.54) is 12.1 Å². The molecule has 2 rings (SSSR count). The maximum atomic E-state index is 13.2. The van der Waals surface area contributed by atoms with E-state index in [1.807, 2.05) is 0 Å². The topological polar surface area (TPSA) is 46.6 Å². The van der Waals surface area contributed by atoms with Gasteiger partial charge in [0.25, 0.3) is 5.91 Å². The molecule has 1 aliphatic carbocycles.